The van der Waals surface area contributed by atoms with Gasteiger partial charge < -0.3 is 20.1 Å². The molecule has 0 aliphatic heterocycles. The van der Waals surface area contributed by atoms with Gasteiger partial charge in [0, 0.05) is 12.5 Å². The smallest absolute Gasteiger partial charge is 0.305 e. The summed E-state index contributed by atoms with van der Waals surface area (Å²) in [5, 5.41) is 29.0. The number of hydrogen-bond donors (Lipinski definition) is 3. The molecule has 0 aromatic heterocycles. The maximum absolute atomic E-state index is 10.7. The van der Waals surface area contributed by atoms with Gasteiger partial charge in [0.1, 0.15) is 0 Å². The van der Waals surface area contributed by atoms with Crippen LogP contribution >= 0.6 is 0 Å². The van der Waals surface area contributed by atoms with Crippen LogP contribution < -0.4 is 0 Å². The molecule has 5 heteroatoms. The number of carboxylic acids is 1. The molecule has 29 heavy (non-hydrogen) atoms. The van der Waals surface area contributed by atoms with Crippen LogP contribution in [0.4, 0.5) is 0 Å². The molecular formula is C24H40O5. The third kappa shape index (κ3) is 6.94. The number of hydrogen-bond acceptors (Lipinski definition) is 4. The van der Waals surface area contributed by atoms with Gasteiger partial charge >= 0.3 is 5.97 Å². The SMILES string of the molecule is CCC(C)COC1CC(C)C=C2C=CCC(C)(CCC(O)C[C@@H](O)CC(=O)O)[C@H]21. The predicted octanol–water partition coefficient (Wildman–Crippen LogP) is 4.33. The predicted molar refractivity (Wildman–Crippen MR) is 115 cm³/mol. The molecule has 0 bridgehead atoms. The van der Waals surface area contributed by atoms with Crippen LogP contribution in [0.1, 0.15) is 72.6 Å². The zero-order chi connectivity index (χ0) is 21.6. The number of aliphatic carboxylic acids is 1. The zero-order valence-electron chi connectivity index (χ0n) is 18.5. The zero-order valence-corrected chi connectivity index (χ0v) is 18.5. The largest absolute Gasteiger partial charge is 0.481 e. The Bertz CT molecular complexity index is 598. The highest BCUT2D eigenvalue weighted by Crippen LogP contribution is 2.50. The molecule has 166 valence electrons. The Kier molecular flexibility index (Phi) is 8.92. The van der Waals surface area contributed by atoms with Crippen molar-refractivity contribution in [3.05, 3.63) is 23.8 Å². The lowest BCUT2D eigenvalue weighted by atomic mass is 9.60. The third-order valence-corrected chi connectivity index (χ3v) is 6.75. The van der Waals surface area contributed by atoms with E-state index in [2.05, 4.69) is 45.9 Å². The fraction of sp³-hybridized carbons (Fsp3) is 0.792. The molecule has 0 heterocycles. The van der Waals surface area contributed by atoms with Crippen LogP contribution in [0.2, 0.25) is 0 Å². The summed E-state index contributed by atoms with van der Waals surface area (Å²) in [5.74, 6) is 0.305. The Balaban J connectivity index is 2.05. The maximum atomic E-state index is 10.7. The van der Waals surface area contributed by atoms with Gasteiger partial charge in [0.05, 0.1) is 24.7 Å². The topological polar surface area (TPSA) is 87.0 Å². The molecule has 2 rings (SSSR count). The summed E-state index contributed by atoms with van der Waals surface area (Å²) in [4.78, 5) is 10.7. The summed E-state index contributed by atoms with van der Waals surface area (Å²) in [6, 6.07) is 0. The quantitative estimate of drug-likeness (QED) is 0.474. The van der Waals surface area contributed by atoms with E-state index in [9.17, 15) is 15.0 Å². The van der Waals surface area contributed by atoms with Crippen LogP contribution in [0.15, 0.2) is 23.8 Å². The van der Waals surface area contributed by atoms with Crippen molar-refractivity contribution in [2.24, 2.45) is 23.2 Å². The summed E-state index contributed by atoms with van der Waals surface area (Å²) in [7, 11) is 0. The van der Waals surface area contributed by atoms with E-state index in [0.717, 1.165) is 32.3 Å². The molecule has 0 amide bonds. The molecule has 0 aromatic rings. The molecule has 7 atom stereocenters. The third-order valence-electron chi connectivity index (χ3n) is 6.75. The molecule has 2 aliphatic carbocycles. The number of allylic oxidation sites excluding steroid dienone is 3. The monoisotopic (exact) mass is 408 g/mol. The summed E-state index contributed by atoms with van der Waals surface area (Å²) >= 11 is 0. The maximum Gasteiger partial charge on any atom is 0.305 e. The Hall–Kier alpha value is -1.17. The summed E-state index contributed by atoms with van der Waals surface area (Å²) in [6.07, 6.45) is 9.57. The first kappa shape index (κ1) is 24.1. The molecule has 0 saturated heterocycles. The fourth-order valence-electron chi connectivity index (χ4n) is 4.86. The lowest BCUT2D eigenvalue weighted by Gasteiger charge is -2.48. The van der Waals surface area contributed by atoms with Crippen molar-refractivity contribution >= 4 is 5.97 Å². The number of ether oxygens (including phenoxy) is 1. The first-order chi connectivity index (χ1) is 13.6. The van der Waals surface area contributed by atoms with Gasteiger partial charge in [0.15, 0.2) is 0 Å². The van der Waals surface area contributed by atoms with Gasteiger partial charge in [0.2, 0.25) is 0 Å². The van der Waals surface area contributed by atoms with Gasteiger partial charge in [0.25, 0.3) is 0 Å². The lowest BCUT2D eigenvalue weighted by molar-refractivity contribution is -0.139. The molecule has 0 saturated carbocycles. The van der Waals surface area contributed by atoms with Crippen LogP contribution in [0.5, 0.6) is 0 Å². The van der Waals surface area contributed by atoms with E-state index in [0.29, 0.717) is 24.2 Å². The van der Waals surface area contributed by atoms with E-state index in [-0.39, 0.29) is 24.4 Å². The number of aliphatic hydroxyl groups excluding tert-OH is 2. The van der Waals surface area contributed by atoms with Gasteiger partial charge in [-0.2, -0.15) is 0 Å². The van der Waals surface area contributed by atoms with E-state index >= 15 is 0 Å². The van der Waals surface area contributed by atoms with Crippen LogP contribution in [0.25, 0.3) is 0 Å². The highest BCUT2D eigenvalue weighted by atomic mass is 16.5. The van der Waals surface area contributed by atoms with Crippen LogP contribution in [-0.4, -0.2) is 46.2 Å². The number of carboxylic acid groups (broad SMARTS) is 1. The van der Waals surface area contributed by atoms with E-state index in [1.165, 1.54) is 5.57 Å². The van der Waals surface area contributed by atoms with Crippen LogP contribution in [-0.2, 0) is 9.53 Å². The van der Waals surface area contributed by atoms with Crippen molar-refractivity contribution in [1.82, 2.24) is 0 Å². The van der Waals surface area contributed by atoms with Gasteiger partial charge in [-0.25, -0.2) is 0 Å². The minimum Gasteiger partial charge on any atom is -0.481 e. The number of aliphatic hydroxyl groups is 2. The van der Waals surface area contributed by atoms with Crippen molar-refractivity contribution in [1.29, 1.82) is 0 Å². The van der Waals surface area contributed by atoms with E-state index in [1.807, 2.05) is 0 Å². The minimum atomic E-state index is -1.04. The molecule has 5 unspecified atom stereocenters. The molecular weight excluding hydrogens is 368 g/mol. The average molecular weight is 409 g/mol. The molecule has 2 aliphatic rings. The summed E-state index contributed by atoms with van der Waals surface area (Å²) in [6.45, 7) is 9.72. The Labute approximate surface area is 175 Å². The van der Waals surface area contributed by atoms with Crippen LogP contribution in [0, 0.1) is 23.2 Å². The standard InChI is InChI=1S/C24H40O5/c1-5-16(2)15-29-21-12-17(3)11-18-7-6-9-24(4,23(18)21)10-8-19(25)13-20(26)14-22(27)28/h6-7,11,16-17,19-21,23,25-26H,5,8-10,12-15H2,1-4H3,(H,27,28)/t16?,17?,19?,20-,21?,23-,24?/m1/s1. The number of rotatable bonds is 11. The molecule has 0 fully saturated rings. The van der Waals surface area contributed by atoms with E-state index in [1.54, 1.807) is 0 Å². The molecule has 0 spiro atoms. The molecule has 5 nitrogen and oxygen atoms in total. The van der Waals surface area contributed by atoms with Crippen LogP contribution in [0.3, 0.4) is 0 Å². The second-order valence-corrected chi connectivity index (χ2v) is 9.68. The molecule has 0 radical (unpaired) electrons. The first-order valence-corrected chi connectivity index (χ1v) is 11.2. The van der Waals surface area contributed by atoms with Gasteiger partial charge in [-0.15, -0.1) is 0 Å². The minimum absolute atomic E-state index is 0.0143. The summed E-state index contributed by atoms with van der Waals surface area (Å²) < 4.78 is 6.44. The second-order valence-electron chi connectivity index (χ2n) is 9.68. The Morgan fingerprint density at radius 2 is 2.07 bits per heavy atom. The number of fused-ring (bicyclic) bond motifs is 1. The molecule has 0 aromatic carbocycles. The first-order valence-electron chi connectivity index (χ1n) is 11.2. The Morgan fingerprint density at radius 3 is 2.72 bits per heavy atom. The Morgan fingerprint density at radius 1 is 1.34 bits per heavy atom. The van der Waals surface area contributed by atoms with Gasteiger partial charge in [-0.05, 0) is 54.9 Å². The van der Waals surface area contributed by atoms with Crippen molar-refractivity contribution in [3.63, 3.8) is 0 Å². The van der Waals surface area contributed by atoms with Crippen molar-refractivity contribution in [3.8, 4) is 0 Å². The van der Waals surface area contributed by atoms with Crippen molar-refractivity contribution in [2.45, 2.75) is 91.0 Å². The normalized spacial score (nSPS) is 32.2. The highest BCUT2D eigenvalue weighted by Gasteiger charge is 2.44. The van der Waals surface area contributed by atoms with E-state index in [4.69, 9.17) is 9.84 Å². The second kappa shape index (κ2) is 10.7. The molecule has 3 N–H and O–H groups in total. The fourth-order valence-corrected chi connectivity index (χ4v) is 4.86. The lowest BCUT2D eigenvalue weighted by Crippen LogP contribution is -2.44. The number of carbonyl (C=O) groups is 1. The van der Waals surface area contributed by atoms with Crippen molar-refractivity contribution < 1.29 is 24.9 Å². The van der Waals surface area contributed by atoms with Gasteiger partial charge in [-0.3, -0.25) is 4.79 Å². The van der Waals surface area contributed by atoms with Crippen molar-refractivity contribution in [2.75, 3.05) is 6.61 Å². The van der Waals surface area contributed by atoms with E-state index < -0.39 is 18.2 Å². The van der Waals surface area contributed by atoms with Gasteiger partial charge in [-0.1, -0.05) is 52.3 Å². The highest BCUT2D eigenvalue weighted by molar-refractivity contribution is 5.67. The average Bonchev–Trinajstić information content (AvgIpc) is 2.63. The summed E-state index contributed by atoms with van der Waals surface area (Å²) in [5.41, 5.74) is 1.34.